The van der Waals surface area contributed by atoms with Crippen molar-refractivity contribution in [3.8, 4) is 5.75 Å². The maximum Gasteiger partial charge on any atom is 0.204 e. The quantitative estimate of drug-likeness (QED) is 0.548. The summed E-state index contributed by atoms with van der Waals surface area (Å²) in [5.74, 6) is -2.65. The predicted octanol–water partition coefficient (Wildman–Crippen LogP) is -0.426. The molecule has 0 aliphatic carbocycles. The van der Waals surface area contributed by atoms with Crippen LogP contribution in [0.1, 0.15) is 16.8 Å². The van der Waals surface area contributed by atoms with Crippen molar-refractivity contribution < 1.29 is 29.4 Å². The zero-order valence-electron chi connectivity index (χ0n) is 12.2. The van der Waals surface area contributed by atoms with Gasteiger partial charge < -0.3 is 24.6 Å². The molecule has 0 heterocycles. The first-order valence-corrected chi connectivity index (χ1v) is 6.11. The van der Waals surface area contributed by atoms with Gasteiger partial charge in [0.2, 0.25) is 5.78 Å². The summed E-state index contributed by atoms with van der Waals surface area (Å²) in [6, 6.07) is 5.70. The third kappa shape index (κ3) is 5.34. The van der Waals surface area contributed by atoms with Gasteiger partial charge in [-0.2, -0.15) is 0 Å². The second-order valence-corrected chi connectivity index (χ2v) is 5.88. The van der Waals surface area contributed by atoms with Crippen molar-refractivity contribution in [2.75, 3.05) is 27.7 Å². The number of phenols is 1. The number of hydrogen-bond acceptors (Lipinski definition) is 5. The van der Waals surface area contributed by atoms with Gasteiger partial charge in [-0.05, 0) is 12.1 Å². The molecule has 0 spiro atoms. The number of likely N-dealkylation sites (N-methyl/N-ethyl adjacent to an activating group) is 1. The molecule has 0 amide bonds. The molecular formula is C14H20ClNO5. The molecule has 0 fully saturated rings. The van der Waals surface area contributed by atoms with E-state index in [-0.39, 0.29) is 34.7 Å². The standard InChI is InChI=1S/C14H19NO5.ClH/c1-15(2,3)9-14(20,8-12(17)18)13(19)10-6-4-5-7-11(10)16;/h4-7,20H,8-9H2,1-3H3,(H-,16,17,18,19);1H/t14-;/m1./s1. The molecule has 7 heteroatoms. The third-order valence-corrected chi connectivity index (χ3v) is 2.74. The minimum atomic E-state index is -2.13. The Hall–Kier alpha value is -1.63. The summed E-state index contributed by atoms with van der Waals surface area (Å²) in [5.41, 5.74) is -2.24. The third-order valence-electron chi connectivity index (χ3n) is 2.74. The van der Waals surface area contributed by atoms with Gasteiger partial charge in [0.15, 0.2) is 5.60 Å². The number of aliphatic hydroxyl groups is 1. The first kappa shape index (κ1) is 19.4. The number of rotatable bonds is 6. The van der Waals surface area contributed by atoms with E-state index in [4.69, 9.17) is 0 Å². The molecule has 1 aromatic carbocycles. The number of carboxylic acid groups (broad SMARTS) is 1. The largest absolute Gasteiger partial charge is 0.550 e. The van der Waals surface area contributed by atoms with Gasteiger partial charge in [-0.1, -0.05) is 12.1 Å². The SMILES string of the molecule is C[N+](C)(C)C[C@](O)(CC(=O)[O-])C(=O)c1ccccc1O.Cl. The Morgan fingerprint density at radius 2 is 1.76 bits per heavy atom. The lowest BCUT2D eigenvalue weighted by Gasteiger charge is -2.34. The highest BCUT2D eigenvalue weighted by atomic mass is 35.5. The molecule has 0 aliphatic rings. The lowest BCUT2D eigenvalue weighted by molar-refractivity contribution is -0.875. The summed E-state index contributed by atoms with van der Waals surface area (Å²) in [5, 5.41) is 31.0. The number of aliphatic carboxylic acids is 1. The molecule has 1 atom stereocenters. The van der Waals surface area contributed by atoms with Crippen molar-refractivity contribution in [2.24, 2.45) is 0 Å². The van der Waals surface area contributed by atoms with E-state index in [0.29, 0.717) is 0 Å². The fourth-order valence-electron chi connectivity index (χ4n) is 2.15. The summed E-state index contributed by atoms with van der Waals surface area (Å²) in [6.07, 6.45) is -0.824. The van der Waals surface area contributed by atoms with Crippen LogP contribution in [0.25, 0.3) is 0 Å². The fraction of sp³-hybridized carbons (Fsp3) is 0.429. The first-order valence-electron chi connectivity index (χ1n) is 6.11. The Balaban J connectivity index is 0.00000400. The van der Waals surface area contributed by atoms with Crippen molar-refractivity contribution in [2.45, 2.75) is 12.0 Å². The smallest absolute Gasteiger partial charge is 0.204 e. The van der Waals surface area contributed by atoms with Crippen LogP contribution < -0.4 is 5.11 Å². The van der Waals surface area contributed by atoms with Crippen LogP contribution in [0, 0.1) is 0 Å². The van der Waals surface area contributed by atoms with E-state index in [9.17, 15) is 24.9 Å². The van der Waals surface area contributed by atoms with Gasteiger partial charge in [0.05, 0.1) is 26.7 Å². The molecule has 0 aromatic heterocycles. The number of nitrogens with zero attached hydrogens (tertiary/aromatic N) is 1. The number of para-hydroxylation sites is 1. The van der Waals surface area contributed by atoms with Crippen LogP contribution in [0.15, 0.2) is 24.3 Å². The van der Waals surface area contributed by atoms with Crippen LogP contribution in [-0.2, 0) is 4.79 Å². The van der Waals surface area contributed by atoms with Gasteiger partial charge in [0.25, 0.3) is 0 Å². The van der Waals surface area contributed by atoms with Crippen LogP contribution in [0.5, 0.6) is 5.75 Å². The number of aromatic hydroxyl groups is 1. The van der Waals surface area contributed by atoms with Crippen molar-refractivity contribution in [3.05, 3.63) is 29.8 Å². The highest BCUT2D eigenvalue weighted by Crippen LogP contribution is 2.25. The zero-order valence-corrected chi connectivity index (χ0v) is 13.0. The number of halogens is 1. The predicted molar refractivity (Wildman–Crippen MR) is 77.2 cm³/mol. The Kier molecular flexibility index (Phi) is 6.35. The number of quaternary nitrogens is 1. The Morgan fingerprint density at radius 3 is 2.19 bits per heavy atom. The van der Waals surface area contributed by atoms with Crippen LogP contribution in [0.4, 0.5) is 0 Å². The van der Waals surface area contributed by atoms with Gasteiger partial charge in [-0.3, -0.25) is 4.79 Å². The molecular weight excluding hydrogens is 298 g/mol. The summed E-state index contributed by atoms with van der Waals surface area (Å²) >= 11 is 0. The van der Waals surface area contributed by atoms with Crippen molar-refractivity contribution in [1.29, 1.82) is 0 Å². The van der Waals surface area contributed by atoms with Crippen molar-refractivity contribution in [3.63, 3.8) is 0 Å². The van der Waals surface area contributed by atoms with Crippen LogP contribution >= 0.6 is 12.4 Å². The molecule has 0 bridgehead atoms. The molecule has 118 valence electrons. The molecule has 6 nitrogen and oxygen atoms in total. The molecule has 0 unspecified atom stereocenters. The van der Waals surface area contributed by atoms with Crippen molar-refractivity contribution in [1.82, 2.24) is 0 Å². The maximum absolute atomic E-state index is 12.4. The minimum Gasteiger partial charge on any atom is -0.550 e. The fourth-order valence-corrected chi connectivity index (χ4v) is 2.15. The lowest BCUT2D eigenvalue weighted by atomic mass is 9.88. The molecule has 21 heavy (non-hydrogen) atoms. The molecule has 0 saturated carbocycles. The second-order valence-electron chi connectivity index (χ2n) is 5.88. The van der Waals surface area contributed by atoms with E-state index in [2.05, 4.69) is 0 Å². The van der Waals surface area contributed by atoms with Crippen LogP contribution in [0.3, 0.4) is 0 Å². The van der Waals surface area contributed by atoms with E-state index in [1.165, 1.54) is 24.3 Å². The van der Waals surface area contributed by atoms with Gasteiger partial charge in [-0.15, -0.1) is 12.4 Å². The molecule has 0 radical (unpaired) electrons. The summed E-state index contributed by atoms with van der Waals surface area (Å²) in [4.78, 5) is 23.2. The Labute approximate surface area is 129 Å². The van der Waals surface area contributed by atoms with Gasteiger partial charge >= 0.3 is 0 Å². The minimum absolute atomic E-state index is 0. The zero-order chi connectivity index (χ0) is 15.6. The topological polar surface area (TPSA) is 97.7 Å². The monoisotopic (exact) mass is 317 g/mol. The van der Waals surface area contributed by atoms with Gasteiger partial charge in [-0.25, -0.2) is 0 Å². The molecule has 1 aromatic rings. The molecule has 0 saturated heterocycles. The normalized spacial score (nSPS) is 13.9. The number of benzene rings is 1. The summed E-state index contributed by atoms with van der Waals surface area (Å²) < 4.78 is 0.184. The van der Waals surface area contributed by atoms with E-state index in [1.54, 1.807) is 21.1 Å². The number of Topliss-reactive ketones (excluding diaryl/α,β-unsaturated/α-hetero) is 1. The average Bonchev–Trinajstić information content (AvgIpc) is 2.25. The number of phenolic OH excluding ortho intramolecular Hbond substituents is 1. The highest BCUT2D eigenvalue weighted by molar-refractivity contribution is 6.05. The number of ketones is 1. The molecule has 0 aliphatic heterocycles. The van der Waals surface area contributed by atoms with Gasteiger partial charge in [0.1, 0.15) is 12.3 Å². The Morgan fingerprint density at radius 1 is 1.24 bits per heavy atom. The summed E-state index contributed by atoms with van der Waals surface area (Å²) in [7, 11) is 5.16. The first-order chi connectivity index (χ1) is 9.05. The van der Waals surface area contributed by atoms with Crippen LogP contribution in [-0.4, -0.2) is 59.7 Å². The van der Waals surface area contributed by atoms with Crippen molar-refractivity contribution >= 4 is 24.2 Å². The summed E-state index contributed by atoms with van der Waals surface area (Å²) in [6.45, 7) is -0.117. The second kappa shape index (κ2) is 6.89. The highest BCUT2D eigenvalue weighted by Gasteiger charge is 2.42. The van der Waals surface area contributed by atoms with E-state index >= 15 is 0 Å². The van der Waals surface area contributed by atoms with Crippen LogP contribution in [0.2, 0.25) is 0 Å². The molecule has 1 rings (SSSR count). The number of carboxylic acids is 1. The van der Waals surface area contributed by atoms with E-state index in [0.717, 1.165) is 0 Å². The number of hydrogen-bond donors (Lipinski definition) is 2. The maximum atomic E-state index is 12.4. The van der Waals surface area contributed by atoms with E-state index < -0.39 is 23.8 Å². The number of carbonyl (C=O) groups excluding carboxylic acids is 2. The average molecular weight is 318 g/mol. The number of carbonyl (C=O) groups is 2. The molecule has 2 N–H and O–H groups in total. The van der Waals surface area contributed by atoms with Gasteiger partial charge in [0, 0.05) is 12.4 Å². The lowest BCUT2D eigenvalue weighted by Crippen LogP contribution is -2.56. The van der Waals surface area contributed by atoms with E-state index in [1.807, 2.05) is 0 Å². The Bertz CT molecular complexity index is 526.